The standard InChI is InChI=1S/C27H34N4O5/c1-15-23(11-18-9-20(10-18)27(33)34-5)29-26(30-25(15)24-16(2)31-36-17(24)3)19-7-6-8-22(12-19)35-14-21(32)13-28-4/h6-8,12,18,20-21,28,32H,9-11,13-14H2,1-5H3. The zero-order valence-corrected chi connectivity index (χ0v) is 21.5. The second-order valence-corrected chi connectivity index (χ2v) is 9.48. The molecule has 1 aromatic carbocycles. The summed E-state index contributed by atoms with van der Waals surface area (Å²) in [4.78, 5) is 21.7. The molecule has 0 saturated heterocycles. The molecule has 1 unspecified atom stereocenters. The molecule has 36 heavy (non-hydrogen) atoms. The third kappa shape index (κ3) is 5.57. The van der Waals surface area contributed by atoms with Crippen LogP contribution in [0.4, 0.5) is 0 Å². The molecule has 192 valence electrons. The summed E-state index contributed by atoms with van der Waals surface area (Å²) in [6.45, 7) is 6.44. The molecule has 1 aliphatic rings. The van der Waals surface area contributed by atoms with Gasteiger partial charge in [-0.25, -0.2) is 9.97 Å². The molecule has 1 fully saturated rings. The highest BCUT2D eigenvalue weighted by molar-refractivity contribution is 5.73. The molecule has 3 aromatic rings. The van der Waals surface area contributed by atoms with Gasteiger partial charge in [-0.05, 0) is 70.7 Å². The van der Waals surface area contributed by atoms with Crippen LogP contribution in [0.2, 0.25) is 0 Å². The Morgan fingerprint density at radius 1 is 1.25 bits per heavy atom. The van der Waals surface area contributed by atoms with E-state index in [0.29, 0.717) is 29.8 Å². The molecule has 0 aliphatic heterocycles. The monoisotopic (exact) mass is 494 g/mol. The molecule has 4 rings (SSSR count). The number of nitrogens with zero attached hydrogens (tertiary/aromatic N) is 3. The first kappa shape index (κ1) is 25.8. The number of methoxy groups -OCH3 is 1. The molecule has 1 atom stereocenters. The summed E-state index contributed by atoms with van der Waals surface area (Å²) < 4.78 is 16.1. The van der Waals surface area contributed by atoms with E-state index in [1.807, 2.05) is 45.0 Å². The van der Waals surface area contributed by atoms with E-state index >= 15 is 0 Å². The number of aryl methyl sites for hydroxylation is 2. The van der Waals surface area contributed by atoms with Crippen molar-refractivity contribution in [1.82, 2.24) is 20.4 Å². The van der Waals surface area contributed by atoms with Crippen LogP contribution in [0.25, 0.3) is 22.6 Å². The van der Waals surface area contributed by atoms with Gasteiger partial charge in [-0.3, -0.25) is 4.79 Å². The number of hydrogen-bond donors (Lipinski definition) is 2. The third-order valence-electron chi connectivity index (χ3n) is 6.74. The Kier molecular flexibility index (Phi) is 8.01. The van der Waals surface area contributed by atoms with Gasteiger partial charge < -0.3 is 24.4 Å². The van der Waals surface area contributed by atoms with Crippen LogP contribution in [0.3, 0.4) is 0 Å². The normalized spacial score (nSPS) is 17.9. The highest BCUT2D eigenvalue weighted by atomic mass is 16.5. The minimum absolute atomic E-state index is 0.0317. The number of aliphatic hydroxyl groups is 1. The number of hydrogen-bond acceptors (Lipinski definition) is 9. The summed E-state index contributed by atoms with van der Waals surface area (Å²) in [6, 6.07) is 7.56. The van der Waals surface area contributed by atoms with Gasteiger partial charge in [-0.2, -0.15) is 0 Å². The number of nitrogens with one attached hydrogen (secondary N) is 1. The molecule has 2 aromatic heterocycles. The van der Waals surface area contributed by atoms with Crippen LogP contribution >= 0.6 is 0 Å². The quantitative estimate of drug-likeness (QED) is 0.409. The summed E-state index contributed by atoms with van der Waals surface area (Å²) >= 11 is 0. The fraction of sp³-hybridized carbons (Fsp3) is 0.481. The number of esters is 1. The third-order valence-corrected chi connectivity index (χ3v) is 6.74. The van der Waals surface area contributed by atoms with Gasteiger partial charge in [0.2, 0.25) is 0 Å². The van der Waals surface area contributed by atoms with Gasteiger partial charge in [0.05, 0.1) is 30.0 Å². The fourth-order valence-corrected chi connectivity index (χ4v) is 4.70. The predicted molar refractivity (Wildman–Crippen MR) is 135 cm³/mol. The largest absolute Gasteiger partial charge is 0.491 e. The maximum Gasteiger partial charge on any atom is 0.308 e. The molecule has 0 spiro atoms. The number of likely N-dealkylation sites (N-methyl/N-ethyl adjacent to an activating group) is 1. The van der Waals surface area contributed by atoms with Crippen LogP contribution in [-0.4, -0.2) is 59.6 Å². The molecule has 9 heteroatoms. The van der Waals surface area contributed by atoms with Gasteiger partial charge >= 0.3 is 5.97 Å². The van der Waals surface area contributed by atoms with E-state index < -0.39 is 6.10 Å². The SMILES string of the molecule is CNCC(O)COc1cccc(-c2nc(CC3CC(C(=O)OC)C3)c(C)c(-c3c(C)noc3C)n2)c1. The minimum Gasteiger partial charge on any atom is -0.491 e. The van der Waals surface area contributed by atoms with Crippen LogP contribution in [-0.2, 0) is 16.0 Å². The van der Waals surface area contributed by atoms with Gasteiger partial charge in [0, 0.05) is 17.8 Å². The topological polar surface area (TPSA) is 120 Å². The minimum atomic E-state index is -0.608. The maximum absolute atomic E-state index is 11.9. The van der Waals surface area contributed by atoms with Gasteiger partial charge in [0.25, 0.3) is 0 Å². The first-order chi connectivity index (χ1) is 17.3. The number of carbonyl (C=O) groups excluding carboxylic acids is 1. The van der Waals surface area contributed by atoms with Crippen molar-refractivity contribution in [3.05, 3.63) is 47.0 Å². The lowest BCUT2D eigenvalue weighted by atomic mass is 9.72. The highest BCUT2D eigenvalue weighted by Crippen LogP contribution is 2.39. The number of aromatic nitrogens is 3. The number of benzene rings is 1. The first-order valence-corrected chi connectivity index (χ1v) is 12.2. The Morgan fingerprint density at radius 3 is 2.69 bits per heavy atom. The van der Waals surface area contributed by atoms with Crippen LogP contribution in [0.1, 0.15) is 35.6 Å². The van der Waals surface area contributed by atoms with Crippen molar-refractivity contribution >= 4 is 5.97 Å². The van der Waals surface area contributed by atoms with E-state index in [-0.39, 0.29) is 18.5 Å². The zero-order chi connectivity index (χ0) is 25.8. The summed E-state index contributed by atoms with van der Waals surface area (Å²) in [7, 11) is 3.22. The van der Waals surface area contributed by atoms with Crippen LogP contribution in [0.5, 0.6) is 5.75 Å². The van der Waals surface area contributed by atoms with Crippen molar-refractivity contribution < 1.29 is 23.9 Å². The van der Waals surface area contributed by atoms with Crippen LogP contribution in [0, 0.1) is 32.6 Å². The number of ether oxygens (including phenoxy) is 2. The number of carbonyl (C=O) groups is 1. The fourth-order valence-electron chi connectivity index (χ4n) is 4.70. The number of rotatable bonds is 10. The predicted octanol–water partition coefficient (Wildman–Crippen LogP) is 3.42. The summed E-state index contributed by atoms with van der Waals surface area (Å²) in [5, 5.41) is 17.0. The summed E-state index contributed by atoms with van der Waals surface area (Å²) in [5.74, 6) is 2.10. The van der Waals surface area contributed by atoms with E-state index in [9.17, 15) is 9.90 Å². The average molecular weight is 495 g/mol. The van der Waals surface area contributed by atoms with Gasteiger partial charge in [0.1, 0.15) is 24.2 Å². The second-order valence-electron chi connectivity index (χ2n) is 9.48. The zero-order valence-electron chi connectivity index (χ0n) is 21.5. The molecule has 0 bridgehead atoms. The van der Waals surface area contributed by atoms with Gasteiger partial charge in [0.15, 0.2) is 5.82 Å². The molecule has 2 N–H and O–H groups in total. The van der Waals surface area contributed by atoms with Crippen molar-refractivity contribution in [2.24, 2.45) is 11.8 Å². The lowest BCUT2D eigenvalue weighted by Gasteiger charge is -2.33. The smallest absolute Gasteiger partial charge is 0.308 e. The van der Waals surface area contributed by atoms with Crippen molar-refractivity contribution in [1.29, 1.82) is 0 Å². The Morgan fingerprint density at radius 2 is 2.03 bits per heavy atom. The average Bonchev–Trinajstić information content (AvgIpc) is 3.18. The molecular weight excluding hydrogens is 460 g/mol. The summed E-state index contributed by atoms with van der Waals surface area (Å²) in [5.41, 5.74) is 5.19. The Bertz CT molecular complexity index is 1200. The lowest BCUT2D eigenvalue weighted by Crippen LogP contribution is -2.32. The van der Waals surface area contributed by atoms with Crippen molar-refractivity contribution in [2.75, 3.05) is 27.3 Å². The first-order valence-electron chi connectivity index (χ1n) is 12.2. The van der Waals surface area contributed by atoms with E-state index in [1.54, 1.807) is 7.05 Å². The van der Waals surface area contributed by atoms with E-state index in [2.05, 4.69) is 10.5 Å². The molecule has 2 heterocycles. The van der Waals surface area contributed by atoms with Crippen molar-refractivity contribution in [2.45, 2.75) is 46.1 Å². The Hall–Kier alpha value is -3.30. The maximum atomic E-state index is 11.9. The van der Waals surface area contributed by atoms with Crippen LogP contribution in [0.15, 0.2) is 28.8 Å². The summed E-state index contributed by atoms with van der Waals surface area (Å²) in [6.07, 6.45) is 1.73. The Balaban J connectivity index is 1.67. The van der Waals surface area contributed by atoms with Crippen molar-refractivity contribution in [3.63, 3.8) is 0 Å². The highest BCUT2D eigenvalue weighted by Gasteiger charge is 2.36. The lowest BCUT2D eigenvalue weighted by molar-refractivity contribution is -0.150. The molecular formula is C27H34N4O5. The molecule has 1 aliphatic carbocycles. The van der Waals surface area contributed by atoms with E-state index in [0.717, 1.165) is 53.0 Å². The van der Waals surface area contributed by atoms with E-state index in [4.69, 9.17) is 24.0 Å². The molecule has 0 amide bonds. The van der Waals surface area contributed by atoms with Crippen molar-refractivity contribution in [3.8, 4) is 28.4 Å². The van der Waals surface area contributed by atoms with Gasteiger partial charge in [-0.15, -0.1) is 0 Å². The Labute approximate surface area is 211 Å². The van der Waals surface area contributed by atoms with E-state index in [1.165, 1.54) is 7.11 Å². The van der Waals surface area contributed by atoms with Crippen LogP contribution < -0.4 is 10.1 Å². The molecule has 0 radical (unpaired) electrons. The molecule has 1 saturated carbocycles. The second kappa shape index (κ2) is 11.2. The number of aliphatic hydroxyl groups excluding tert-OH is 1. The van der Waals surface area contributed by atoms with Gasteiger partial charge in [-0.1, -0.05) is 17.3 Å². The molecule has 9 nitrogen and oxygen atoms in total.